The first-order chi connectivity index (χ1) is 10.0. The molecule has 1 heterocycles. The Morgan fingerprint density at radius 2 is 2.24 bits per heavy atom. The fourth-order valence-electron chi connectivity index (χ4n) is 2.84. The number of likely N-dealkylation sites (N-methyl/N-ethyl adjacent to an activating group) is 1. The first-order valence-corrected chi connectivity index (χ1v) is 8.04. The van der Waals surface area contributed by atoms with E-state index in [1.165, 1.54) is 0 Å². The summed E-state index contributed by atoms with van der Waals surface area (Å²) in [5.41, 5.74) is 0.748. The standard InChI is InChI=1S/C15H26ClN3O2/c1-4-21-12-7-11(8-12)9-14(20)15-13(16)10-17-19(15)6-5-18(2)3/h10-12,14,20H,4-9H2,1-3H3. The average Bonchev–Trinajstić information content (AvgIpc) is 2.75. The van der Waals surface area contributed by atoms with Crippen LogP contribution in [0.15, 0.2) is 6.20 Å². The molecule has 1 fully saturated rings. The van der Waals surface area contributed by atoms with Crippen molar-refractivity contribution >= 4 is 11.6 Å². The average molecular weight is 316 g/mol. The highest BCUT2D eigenvalue weighted by Crippen LogP contribution is 2.38. The molecule has 21 heavy (non-hydrogen) atoms. The maximum atomic E-state index is 10.5. The molecule has 1 N–H and O–H groups in total. The van der Waals surface area contributed by atoms with Gasteiger partial charge in [0.1, 0.15) is 0 Å². The molecule has 6 heteroatoms. The van der Waals surface area contributed by atoms with E-state index in [0.29, 0.717) is 17.0 Å². The largest absolute Gasteiger partial charge is 0.387 e. The smallest absolute Gasteiger partial charge is 0.0974 e. The summed E-state index contributed by atoms with van der Waals surface area (Å²) in [5.74, 6) is 0.518. The highest BCUT2D eigenvalue weighted by Gasteiger charge is 2.32. The van der Waals surface area contributed by atoms with E-state index in [9.17, 15) is 5.11 Å². The van der Waals surface area contributed by atoms with Crippen LogP contribution in [0, 0.1) is 5.92 Å². The second kappa shape index (κ2) is 7.58. The Balaban J connectivity index is 1.90. The molecule has 5 nitrogen and oxygen atoms in total. The van der Waals surface area contributed by atoms with Crippen LogP contribution in [0.4, 0.5) is 0 Å². The van der Waals surface area contributed by atoms with Crippen molar-refractivity contribution in [1.82, 2.24) is 14.7 Å². The quantitative estimate of drug-likeness (QED) is 0.800. The molecule has 1 aliphatic carbocycles. The van der Waals surface area contributed by atoms with Crippen molar-refractivity contribution in [1.29, 1.82) is 0 Å². The molecule has 1 aromatic rings. The van der Waals surface area contributed by atoms with Gasteiger partial charge >= 0.3 is 0 Å². The van der Waals surface area contributed by atoms with Crippen molar-refractivity contribution in [2.75, 3.05) is 27.2 Å². The zero-order chi connectivity index (χ0) is 15.4. The molecular formula is C15H26ClN3O2. The van der Waals surface area contributed by atoms with E-state index in [1.54, 1.807) is 6.20 Å². The van der Waals surface area contributed by atoms with Crippen molar-refractivity contribution in [3.05, 3.63) is 16.9 Å². The van der Waals surface area contributed by atoms with E-state index in [1.807, 2.05) is 25.7 Å². The molecule has 120 valence electrons. The topological polar surface area (TPSA) is 50.5 Å². The summed E-state index contributed by atoms with van der Waals surface area (Å²) in [6.45, 7) is 4.39. The van der Waals surface area contributed by atoms with Gasteiger partial charge in [-0.05, 0) is 46.2 Å². The van der Waals surface area contributed by atoms with Gasteiger partial charge in [-0.15, -0.1) is 0 Å². The van der Waals surface area contributed by atoms with Gasteiger partial charge in [0.05, 0.1) is 35.7 Å². The summed E-state index contributed by atoms with van der Waals surface area (Å²) >= 11 is 6.20. The van der Waals surface area contributed by atoms with Gasteiger partial charge in [-0.25, -0.2) is 0 Å². The number of rotatable bonds is 8. The summed E-state index contributed by atoms with van der Waals surface area (Å²) in [6, 6.07) is 0. The predicted octanol–water partition coefficient (Wildman–Crippen LogP) is 2.34. The van der Waals surface area contributed by atoms with Crippen LogP contribution in [-0.2, 0) is 11.3 Å². The molecule has 0 bridgehead atoms. The van der Waals surface area contributed by atoms with E-state index < -0.39 is 6.10 Å². The monoisotopic (exact) mass is 315 g/mol. The summed E-state index contributed by atoms with van der Waals surface area (Å²) in [5, 5.41) is 15.3. The second-order valence-electron chi connectivity index (χ2n) is 6.07. The van der Waals surface area contributed by atoms with Crippen LogP contribution < -0.4 is 0 Å². The first kappa shape index (κ1) is 16.7. The Labute approximate surface area is 131 Å². The lowest BCUT2D eigenvalue weighted by molar-refractivity contribution is -0.0387. The van der Waals surface area contributed by atoms with Crippen LogP contribution >= 0.6 is 11.6 Å². The molecule has 1 atom stereocenters. The van der Waals surface area contributed by atoms with Crippen LogP contribution in [0.3, 0.4) is 0 Å². The van der Waals surface area contributed by atoms with Crippen LogP contribution in [0.5, 0.6) is 0 Å². The lowest BCUT2D eigenvalue weighted by Gasteiger charge is -2.36. The third-order valence-corrected chi connectivity index (χ3v) is 4.35. The fraction of sp³-hybridized carbons (Fsp3) is 0.800. The van der Waals surface area contributed by atoms with Crippen molar-refractivity contribution in [3.8, 4) is 0 Å². The Morgan fingerprint density at radius 3 is 2.86 bits per heavy atom. The Hall–Kier alpha value is -0.620. The van der Waals surface area contributed by atoms with Gasteiger partial charge in [0.25, 0.3) is 0 Å². The van der Waals surface area contributed by atoms with Crippen molar-refractivity contribution in [3.63, 3.8) is 0 Å². The number of halogens is 1. The molecule has 1 aliphatic rings. The Bertz CT molecular complexity index is 444. The predicted molar refractivity (Wildman–Crippen MR) is 83.5 cm³/mol. The number of nitrogens with zero attached hydrogens (tertiary/aromatic N) is 3. The molecule has 0 saturated heterocycles. The number of aromatic nitrogens is 2. The van der Waals surface area contributed by atoms with Crippen molar-refractivity contribution in [2.45, 2.75) is 44.9 Å². The summed E-state index contributed by atoms with van der Waals surface area (Å²) < 4.78 is 7.39. The summed E-state index contributed by atoms with van der Waals surface area (Å²) in [7, 11) is 4.03. The van der Waals surface area contributed by atoms with Crippen LogP contribution in [0.25, 0.3) is 0 Å². The molecule has 1 unspecified atom stereocenters. The molecule has 1 aromatic heterocycles. The summed E-state index contributed by atoms with van der Waals surface area (Å²) in [6.07, 6.45) is 4.26. The molecule has 0 aromatic carbocycles. The zero-order valence-corrected chi connectivity index (χ0v) is 13.9. The lowest BCUT2D eigenvalue weighted by Crippen LogP contribution is -2.32. The van der Waals surface area contributed by atoms with Gasteiger partial charge in [0, 0.05) is 13.2 Å². The highest BCUT2D eigenvalue weighted by atomic mass is 35.5. The van der Waals surface area contributed by atoms with Gasteiger partial charge < -0.3 is 14.7 Å². The van der Waals surface area contributed by atoms with Gasteiger partial charge in [0.15, 0.2) is 0 Å². The zero-order valence-electron chi connectivity index (χ0n) is 13.1. The van der Waals surface area contributed by atoms with Crippen LogP contribution in [-0.4, -0.2) is 53.1 Å². The van der Waals surface area contributed by atoms with Crippen LogP contribution in [0.1, 0.15) is 38.0 Å². The van der Waals surface area contributed by atoms with E-state index in [4.69, 9.17) is 16.3 Å². The maximum absolute atomic E-state index is 10.5. The van der Waals surface area contributed by atoms with E-state index in [-0.39, 0.29) is 0 Å². The second-order valence-corrected chi connectivity index (χ2v) is 6.48. The Morgan fingerprint density at radius 1 is 1.52 bits per heavy atom. The molecule has 0 radical (unpaired) electrons. The summed E-state index contributed by atoms with van der Waals surface area (Å²) in [4.78, 5) is 2.09. The molecule has 2 rings (SSSR count). The van der Waals surface area contributed by atoms with E-state index >= 15 is 0 Å². The minimum atomic E-state index is -0.547. The van der Waals surface area contributed by atoms with Gasteiger partial charge in [-0.2, -0.15) is 5.10 Å². The third-order valence-electron chi connectivity index (χ3n) is 4.06. The highest BCUT2D eigenvalue weighted by molar-refractivity contribution is 6.31. The van der Waals surface area contributed by atoms with Gasteiger partial charge in [-0.1, -0.05) is 11.6 Å². The fourth-order valence-corrected chi connectivity index (χ4v) is 3.11. The molecule has 0 amide bonds. The number of aliphatic hydroxyl groups excluding tert-OH is 1. The minimum Gasteiger partial charge on any atom is -0.387 e. The first-order valence-electron chi connectivity index (χ1n) is 7.66. The maximum Gasteiger partial charge on any atom is 0.0974 e. The van der Waals surface area contributed by atoms with Gasteiger partial charge in [0.2, 0.25) is 0 Å². The Kier molecular flexibility index (Phi) is 6.05. The molecule has 0 aliphatic heterocycles. The molecular weight excluding hydrogens is 290 g/mol. The molecule has 1 saturated carbocycles. The van der Waals surface area contributed by atoms with Gasteiger partial charge in [-0.3, -0.25) is 4.68 Å². The normalized spacial score (nSPS) is 23.3. The van der Waals surface area contributed by atoms with E-state index in [2.05, 4.69) is 10.00 Å². The van der Waals surface area contributed by atoms with Crippen molar-refractivity contribution < 1.29 is 9.84 Å². The number of hydrogen-bond acceptors (Lipinski definition) is 4. The lowest BCUT2D eigenvalue weighted by atomic mass is 9.78. The minimum absolute atomic E-state index is 0.376. The van der Waals surface area contributed by atoms with E-state index in [0.717, 1.165) is 44.7 Å². The third kappa shape index (κ3) is 4.42. The van der Waals surface area contributed by atoms with Crippen LogP contribution in [0.2, 0.25) is 5.02 Å². The number of ether oxygens (including phenoxy) is 1. The SMILES string of the molecule is CCOC1CC(CC(O)c2c(Cl)cnn2CCN(C)C)C1. The molecule has 0 spiro atoms. The number of aliphatic hydroxyl groups is 1. The number of hydrogen-bond donors (Lipinski definition) is 1. The van der Waals surface area contributed by atoms with Crippen molar-refractivity contribution in [2.24, 2.45) is 5.92 Å².